The highest BCUT2D eigenvalue weighted by molar-refractivity contribution is 5.17. The SMILES string of the molecule is Cn1nc([C@H]2C[C@@H](O)CN2)nc1N. The highest BCUT2D eigenvalue weighted by Gasteiger charge is 2.26. The molecule has 0 unspecified atom stereocenters. The molecule has 2 rings (SSSR count). The quantitative estimate of drug-likeness (QED) is 0.508. The van der Waals surface area contributed by atoms with Gasteiger partial charge in [0.1, 0.15) is 0 Å². The molecule has 0 radical (unpaired) electrons. The molecule has 0 saturated carbocycles. The second-order valence-corrected chi connectivity index (χ2v) is 3.30. The van der Waals surface area contributed by atoms with Gasteiger partial charge in [0.25, 0.3) is 0 Å². The van der Waals surface area contributed by atoms with Gasteiger partial charge in [0.15, 0.2) is 5.82 Å². The molecule has 13 heavy (non-hydrogen) atoms. The Kier molecular flexibility index (Phi) is 1.93. The van der Waals surface area contributed by atoms with E-state index in [1.165, 1.54) is 4.68 Å². The van der Waals surface area contributed by atoms with Crippen molar-refractivity contribution in [2.24, 2.45) is 7.05 Å². The Morgan fingerprint density at radius 1 is 1.69 bits per heavy atom. The van der Waals surface area contributed by atoms with Gasteiger partial charge in [-0.1, -0.05) is 0 Å². The normalized spacial score (nSPS) is 28.2. The minimum absolute atomic E-state index is 0.0403. The lowest BCUT2D eigenvalue weighted by atomic mass is 10.2. The number of aliphatic hydroxyl groups is 1. The third-order valence-corrected chi connectivity index (χ3v) is 2.23. The zero-order valence-corrected chi connectivity index (χ0v) is 7.44. The van der Waals surface area contributed by atoms with Crippen LogP contribution in [-0.2, 0) is 7.05 Å². The summed E-state index contributed by atoms with van der Waals surface area (Å²) in [4.78, 5) is 4.08. The Balaban J connectivity index is 2.17. The summed E-state index contributed by atoms with van der Waals surface area (Å²) >= 11 is 0. The number of rotatable bonds is 1. The summed E-state index contributed by atoms with van der Waals surface area (Å²) in [6.07, 6.45) is 0.360. The molecule has 1 aromatic heterocycles. The number of nitrogen functional groups attached to an aromatic ring is 1. The average Bonchev–Trinajstić information content (AvgIpc) is 2.61. The first-order valence-electron chi connectivity index (χ1n) is 4.24. The number of anilines is 1. The number of hydrogen-bond donors (Lipinski definition) is 3. The van der Waals surface area contributed by atoms with E-state index >= 15 is 0 Å². The van der Waals surface area contributed by atoms with Crippen LogP contribution in [0.2, 0.25) is 0 Å². The van der Waals surface area contributed by atoms with Gasteiger partial charge in [-0.25, -0.2) is 4.68 Å². The number of β-amino-alcohol motifs (C(OH)–C–C–N with tert-alkyl or cyclic N) is 1. The number of aromatic nitrogens is 3. The molecule has 1 fully saturated rings. The lowest BCUT2D eigenvalue weighted by Crippen LogP contribution is -2.16. The van der Waals surface area contributed by atoms with Gasteiger partial charge in [-0.2, -0.15) is 10.1 Å². The van der Waals surface area contributed by atoms with Crippen molar-refractivity contribution < 1.29 is 5.11 Å². The van der Waals surface area contributed by atoms with E-state index in [0.717, 1.165) is 0 Å². The monoisotopic (exact) mass is 183 g/mol. The van der Waals surface area contributed by atoms with Crippen molar-refractivity contribution in [3.05, 3.63) is 5.82 Å². The Labute approximate surface area is 75.8 Å². The van der Waals surface area contributed by atoms with Crippen LogP contribution in [0.3, 0.4) is 0 Å². The summed E-state index contributed by atoms with van der Waals surface area (Å²) in [5, 5.41) is 16.5. The Bertz CT molecular complexity index is 290. The second kappa shape index (κ2) is 2.97. The zero-order valence-electron chi connectivity index (χ0n) is 7.44. The molecule has 1 aliphatic rings. The molecule has 1 aliphatic heterocycles. The van der Waals surface area contributed by atoms with E-state index in [-0.39, 0.29) is 12.1 Å². The van der Waals surface area contributed by atoms with Crippen LogP contribution in [0, 0.1) is 0 Å². The molecule has 6 nitrogen and oxygen atoms in total. The van der Waals surface area contributed by atoms with Gasteiger partial charge in [-0.05, 0) is 6.42 Å². The molecule has 0 bridgehead atoms. The highest BCUT2D eigenvalue weighted by atomic mass is 16.3. The smallest absolute Gasteiger partial charge is 0.218 e. The molecule has 0 amide bonds. The standard InChI is InChI=1S/C7H13N5O/c1-12-7(8)10-6(11-12)5-2-4(13)3-9-5/h4-5,9,13H,2-3H2,1H3,(H2,8,10,11)/t4-,5-/m1/s1. The topological polar surface area (TPSA) is 89.0 Å². The number of aliphatic hydroxyl groups excluding tert-OH is 1. The largest absolute Gasteiger partial charge is 0.392 e. The predicted octanol–water partition coefficient (Wildman–Crippen LogP) is -1.21. The van der Waals surface area contributed by atoms with Gasteiger partial charge in [0, 0.05) is 13.6 Å². The average molecular weight is 183 g/mol. The number of nitrogens with one attached hydrogen (secondary N) is 1. The van der Waals surface area contributed by atoms with E-state index < -0.39 is 0 Å². The number of hydrogen-bond acceptors (Lipinski definition) is 5. The van der Waals surface area contributed by atoms with Crippen molar-refractivity contribution in [1.29, 1.82) is 0 Å². The maximum Gasteiger partial charge on any atom is 0.218 e. The Morgan fingerprint density at radius 3 is 2.92 bits per heavy atom. The van der Waals surface area contributed by atoms with Crippen molar-refractivity contribution in [2.45, 2.75) is 18.6 Å². The molecule has 0 aliphatic carbocycles. The Hall–Kier alpha value is -1.14. The van der Waals surface area contributed by atoms with Gasteiger partial charge in [0.2, 0.25) is 5.95 Å². The molecule has 1 aromatic rings. The van der Waals surface area contributed by atoms with Crippen molar-refractivity contribution in [3.8, 4) is 0 Å². The maximum absolute atomic E-state index is 9.28. The number of nitrogens with zero attached hydrogens (tertiary/aromatic N) is 3. The minimum atomic E-state index is -0.296. The summed E-state index contributed by atoms with van der Waals surface area (Å²) in [6, 6.07) is 0.0403. The van der Waals surface area contributed by atoms with Gasteiger partial charge in [-0.15, -0.1) is 0 Å². The molecule has 1 saturated heterocycles. The first-order valence-corrected chi connectivity index (χ1v) is 4.24. The van der Waals surface area contributed by atoms with E-state index in [9.17, 15) is 5.11 Å². The molecular formula is C7H13N5O. The van der Waals surface area contributed by atoms with Crippen molar-refractivity contribution >= 4 is 5.95 Å². The van der Waals surface area contributed by atoms with Crippen LogP contribution in [0.15, 0.2) is 0 Å². The second-order valence-electron chi connectivity index (χ2n) is 3.30. The first-order chi connectivity index (χ1) is 6.16. The number of aryl methyl sites for hydroxylation is 1. The van der Waals surface area contributed by atoms with Crippen LogP contribution < -0.4 is 11.1 Å². The van der Waals surface area contributed by atoms with Crippen molar-refractivity contribution in [1.82, 2.24) is 20.1 Å². The van der Waals surface area contributed by atoms with Crippen LogP contribution in [0.25, 0.3) is 0 Å². The molecule has 72 valence electrons. The summed E-state index contributed by atoms with van der Waals surface area (Å²) in [5.41, 5.74) is 5.54. The molecule has 2 atom stereocenters. The fourth-order valence-electron chi connectivity index (χ4n) is 1.48. The Morgan fingerprint density at radius 2 is 2.46 bits per heavy atom. The van der Waals surface area contributed by atoms with Crippen LogP contribution >= 0.6 is 0 Å². The van der Waals surface area contributed by atoms with Gasteiger partial charge in [-0.3, -0.25) is 0 Å². The van der Waals surface area contributed by atoms with Crippen LogP contribution in [0.1, 0.15) is 18.3 Å². The highest BCUT2D eigenvalue weighted by Crippen LogP contribution is 2.20. The third kappa shape index (κ3) is 1.50. The molecular weight excluding hydrogens is 170 g/mol. The predicted molar refractivity (Wildman–Crippen MR) is 46.8 cm³/mol. The molecule has 2 heterocycles. The van der Waals surface area contributed by atoms with Gasteiger partial charge < -0.3 is 16.2 Å². The summed E-state index contributed by atoms with van der Waals surface area (Å²) in [7, 11) is 1.75. The van der Waals surface area contributed by atoms with Crippen LogP contribution in [0.4, 0.5) is 5.95 Å². The third-order valence-electron chi connectivity index (χ3n) is 2.23. The fraction of sp³-hybridized carbons (Fsp3) is 0.714. The summed E-state index contributed by atoms with van der Waals surface area (Å²) in [6.45, 7) is 0.600. The van der Waals surface area contributed by atoms with E-state index in [4.69, 9.17) is 5.73 Å². The molecule has 6 heteroatoms. The van der Waals surface area contributed by atoms with Crippen LogP contribution in [-0.4, -0.2) is 32.5 Å². The fourth-order valence-corrected chi connectivity index (χ4v) is 1.48. The number of nitrogens with two attached hydrogens (primary N) is 1. The van der Waals surface area contributed by atoms with E-state index in [1.807, 2.05) is 0 Å². The molecule has 0 spiro atoms. The van der Waals surface area contributed by atoms with Gasteiger partial charge in [0.05, 0.1) is 12.1 Å². The lowest BCUT2D eigenvalue weighted by molar-refractivity contribution is 0.193. The van der Waals surface area contributed by atoms with Crippen molar-refractivity contribution in [2.75, 3.05) is 12.3 Å². The van der Waals surface area contributed by atoms with Crippen molar-refractivity contribution in [3.63, 3.8) is 0 Å². The molecule has 4 N–H and O–H groups in total. The van der Waals surface area contributed by atoms with E-state index in [0.29, 0.717) is 24.7 Å². The first kappa shape index (κ1) is 8.46. The minimum Gasteiger partial charge on any atom is -0.392 e. The maximum atomic E-state index is 9.28. The summed E-state index contributed by atoms with van der Waals surface area (Å²) in [5.74, 6) is 1.06. The molecule has 0 aromatic carbocycles. The van der Waals surface area contributed by atoms with E-state index in [1.54, 1.807) is 7.05 Å². The summed E-state index contributed by atoms with van der Waals surface area (Å²) < 4.78 is 1.53. The van der Waals surface area contributed by atoms with Crippen LogP contribution in [0.5, 0.6) is 0 Å². The van der Waals surface area contributed by atoms with E-state index in [2.05, 4.69) is 15.4 Å². The lowest BCUT2D eigenvalue weighted by Gasteiger charge is -2.02. The van der Waals surface area contributed by atoms with Gasteiger partial charge >= 0.3 is 0 Å². The zero-order chi connectivity index (χ0) is 9.42.